The van der Waals surface area contributed by atoms with E-state index in [1.54, 1.807) is 27.7 Å². The summed E-state index contributed by atoms with van der Waals surface area (Å²) in [6.07, 6.45) is 0. The summed E-state index contributed by atoms with van der Waals surface area (Å²) in [7, 11) is -8.58. The number of fused-ring (bicyclic) bond motifs is 3. The summed E-state index contributed by atoms with van der Waals surface area (Å²) >= 11 is 0. The van der Waals surface area contributed by atoms with Crippen molar-refractivity contribution in [3.8, 4) is 11.1 Å². The Labute approximate surface area is 208 Å². The summed E-state index contributed by atoms with van der Waals surface area (Å²) in [6.45, 7) is 6.18. The van der Waals surface area contributed by atoms with Crippen molar-refractivity contribution >= 4 is 37.8 Å². The second kappa shape index (κ2) is 9.73. The predicted molar refractivity (Wildman–Crippen MR) is 128 cm³/mol. The Morgan fingerprint density at radius 3 is 1.28 bits per heavy atom. The maximum absolute atomic E-state index is 13.1. The Bertz CT molecular complexity index is 1350. The monoisotopic (exact) mass is 538 g/mol. The van der Waals surface area contributed by atoms with Gasteiger partial charge >= 0.3 is 11.9 Å². The number of rotatable bonds is 10. The van der Waals surface area contributed by atoms with Crippen LogP contribution in [-0.2, 0) is 29.6 Å². The number of hydrogen-bond donors (Lipinski definition) is 4. The lowest BCUT2D eigenvalue weighted by molar-refractivity contribution is -0.141. The lowest BCUT2D eigenvalue weighted by Crippen LogP contribution is -2.44. The number of carbonyl (C=O) groups excluding carboxylic acids is 1. The molecule has 0 saturated heterocycles. The molecule has 3 rings (SSSR count). The van der Waals surface area contributed by atoms with Crippen molar-refractivity contribution in [2.24, 2.45) is 11.8 Å². The molecule has 0 spiro atoms. The fourth-order valence-electron chi connectivity index (χ4n) is 3.79. The lowest BCUT2D eigenvalue weighted by Gasteiger charge is -2.18. The number of carbonyl (C=O) groups is 3. The van der Waals surface area contributed by atoms with E-state index >= 15 is 0 Å². The molecule has 0 heterocycles. The topological polar surface area (TPSA) is 184 Å². The number of nitrogens with one attached hydrogen (secondary N) is 2. The van der Waals surface area contributed by atoms with Gasteiger partial charge in [0.25, 0.3) is 0 Å². The summed E-state index contributed by atoms with van der Waals surface area (Å²) in [5.41, 5.74) is 0.792. The summed E-state index contributed by atoms with van der Waals surface area (Å²) in [5.74, 6) is -4.39. The smallest absolute Gasteiger partial charge is 0.322 e. The molecule has 0 aliphatic heterocycles. The van der Waals surface area contributed by atoms with Gasteiger partial charge in [0, 0.05) is 11.1 Å². The molecular weight excluding hydrogens is 512 g/mol. The minimum Gasteiger partial charge on any atom is -0.480 e. The summed E-state index contributed by atoms with van der Waals surface area (Å²) < 4.78 is 55.5. The van der Waals surface area contributed by atoms with Gasteiger partial charge in [-0.2, -0.15) is 9.44 Å². The van der Waals surface area contributed by atoms with E-state index in [0.29, 0.717) is 11.1 Å². The van der Waals surface area contributed by atoms with Gasteiger partial charge in [0.15, 0.2) is 5.78 Å². The zero-order valence-electron chi connectivity index (χ0n) is 19.8. The number of aliphatic carboxylic acids is 2. The molecule has 2 aromatic carbocycles. The van der Waals surface area contributed by atoms with E-state index < -0.39 is 61.7 Å². The minimum atomic E-state index is -4.29. The largest absolute Gasteiger partial charge is 0.480 e. The molecular formula is C23H26N2O9S2. The maximum Gasteiger partial charge on any atom is 0.322 e. The number of carboxylic acid groups (broad SMARTS) is 2. The van der Waals surface area contributed by atoms with Crippen molar-refractivity contribution in [3.63, 3.8) is 0 Å². The molecule has 1 aliphatic carbocycles. The van der Waals surface area contributed by atoms with E-state index in [2.05, 4.69) is 9.44 Å². The molecule has 194 valence electrons. The van der Waals surface area contributed by atoms with Gasteiger partial charge in [0.1, 0.15) is 12.1 Å². The van der Waals surface area contributed by atoms with Crippen LogP contribution in [0.4, 0.5) is 0 Å². The summed E-state index contributed by atoms with van der Waals surface area (Å²) in [4.78, 5) is 35.3. The van der Waals surface area contributed by atoms with Crippen LogP contribution in [0.15, 0.2) is 46.2 Å². The Balaban J connectivity index is 1.97. The second-order valence-electron chi connectivity index (χ2n) is 9.11. The molecule has 2 aromatic rings. The number of carboxylic acids is 2. The highest BCUT2D eigenvalue weighted by atomic mass is 32.2. The van der Waals surface area contributed by atoms with Crippen LogP contribution in [0, 0.1) is 11.8 Å². The molecule has 0 radical (unpaired) electrons. The highest BCUT2D eigenvalue weighted by Gasteiger charge is 2.34. The van der Waals surface area contributed by atoms with Crippen LogP contribution in [0.2, 0.25) is 0 Å². The standard InChI is InChI=1S/C23H26N2O9S2/c1-11(2)19(22(27)28)24-35(31,32)13-5-7-15-16-8-6-14(10-18(16)21(26)17(15)9-13)36(33,34)25-20(12(3)4)23(29)30/h5-12,19-20,24-25H,1-4H3,(H,27,28)(H,29,30)/t19-,20+. The molecule has 2 atom stereocenters. The molecule has 4 N–H and O–H groups in total. The van der Waals surface area contributed by atoms with Crippen molar-refractivity contribution in [1.82, 2.24) is 9.44 Å². The zero-order chi connectivity index (χ0) is 27.2. The molecule has 13 heteroatoms. The van der Waals surface area contributed by atoms with Gasteiger partial charge in [0.05, 0.1) is 9.79 Å². The van der Waals surface area contributed by atoms with Crippen LogP contribution in [0.5, 0.6) is 0 Å². The molecule has 0 aromatic heterocycles. The average Bonchev–Trinajstić information content (AvgIpc) is 3.06. The highest BCUT2D eigenvalue weighted by molar-refractivity contribution is 7.89. The third kappa shape index (κ3) is 5.19. The summed E-state index contributed by atoms with van der Waals surface area (Å²) in [5, 5.41) is 18.6. The first-order chi connectivity index (χ1) is 16.6. The van der Waals surface area contributed by atoms with Gasteiger partial charge in [-0.1, -0.05) is 39.8 Å². The Morgan fingerprint density at radius 2 is 1.00 bits per heavy atom. The number of hydrogen-bond acceptors (Lipinski definition) is 7. The van der Waals surface area contributed by atoms with Crippen LogP contribution >= 0.6 is 0 Å². The van der Waals surface area contributed by atoms with E-state index in [-0.39, 0.29) is 20.9 Å². The molecule has 0 unspecified atom stereocenters. The van der Waals surface area contributed by atoms with Crippen molar-refractivity contribution in [3.05, 3.63) is 47.5 Å². The molecule has 0 amide bonds. The third-order valence-electron chi connectivity index (χ3n) is 5.81. The van der Waals surface area contributed by atoms with Crippen LogP contribution in [0.3, 0.4) is 0 Å². The van der Waals surface area contributed by atoms with E-state index in [1.807, 2.05) is 0 Å². The Hall–Kier alpha value is -3.13. The van der Waals surface area contributed by atoms with Gasteiger partial charge in [-0.3, -0.25) is 14.4 Å². The van der Waals surface area contributed by atoms with E-state index in [4.69, 9.17) is 0 Å². The fraction of sp³-hybridized carbons (Fsp3) is 0.348. The van der Waals surface area contributed by atoms with Gasteiger partial charge < -0.3 is 10.2 Å². The van der Waals surface area contributed by atoms with Crippen LogP contribution in [0.25, 0.3) is 11.1 Å². The molecule has 0 bridgehead atoms. The van der Waals surface area contributed by atoms with Gasteiger partial charge in [-0.25, -0.2) is 16.8 Å². The zero-order valence-corrected chi connectivity index (χ0v) is 21.5. The van der Waals surface area contributed by atoms with Crippen molar-refractivity contribution in [2.75, 3.05) is 0 Å². The quantitative estimate of drug-likeness (QED) is 0.298. The Kier molecular flexibility index (Phi) is 7.42. The molecule has 11 nitrogen and oxygen atoms in total. The van der Waals surface area contributed by atoms with Crippen molar-refractivity contribution in [2.45, 2.75) is 49.6 Å². The lowest BCUT2D eigenvalue weighted by atomic mass is 10.1. The number of sulfonamides is 2. The second-order valence-corrected chi connectivity index (χ2v) is 12.5. The highest BCUT2D eigenvalue weighted by Crippen LogP contribution is 2.38. The molecule has 0 fully saturated rings. The van der Waals surface area contributed by atoms with Crippen molar-refractivity contribution in [1.29, 1.82) is 0 Å². The van der Waals surface area contributed by atoms with Gasteiger partial charge in [-0.15, -0.1) is 0 Å². The first-order valence-corrected chi connectivity index (χ1v) is 13.9. The molecule has 1 aliphatic rings. The predicted octanol–water partition coefficient (Wildman–Crippen LogP) is 1.67. The fourth-order valence-corrected chi connectivity index (χ4v) is 6.51. The number of ketones is 1. The SMILES string of the molecule is CC(C)[C@H](NS(=O)(=O)c1ccc2c(c1)C(=O)c1cc(S(=O)(=O)N[C@@H](C(=O)O)C(C)C)ccc1-2)C(=O)O. The minimum absolute atomic E-state index is 0.0115. The van der Waals surface area contributed by atoms with E-state index in [0.717, 1.165) is 12.1 Å². The average molecular weight is 539 g/mol. The first-order valence-electron chi connectivity index (χ1n) is 10.9. The summed E-state index contributed by atoms with van der Waals surface area (Å²) in [6, 6.07) is 4.73. The van der Waals surface area contributed by atoms with Crippen molar-refractivity contribution < 1.29 is 41.4 Å². The van der Waals surface area contributed by atoms with E-state index in [1.165, 1.54) is 24.3 Å². The first kappa shape index (κ1) is 27.5. The van der Waals surface area contributed by atoms with Crippen LogP contribution in [0.1, 0.15) is 43.6 Å². The van der Waals surface area contributed by atoms with Gasteiger partial charge in [0.2, 0.25) is 20.0 Å². The van der Waals surface area contributed by atoms with Gasteiger partial charge in [-0.05, 0) is 47.2 Å². The van der Waals surface area contributed by atoms with Crippen LogP contribution < -0.4 is 9.44 Å². The maximum atomic E-state index is 13.1. The number of benzene rings is 2. The molecule has 0 saturated carbocycles. The van der Waals surface area contributed by atoms with Crippen LogP contribution in [-0.4, -0.2) is 56.9 Å². The normalized spacial score (nSPS) is 15.0. The molecule has 36 heavy (non-hydrogen) atoms. The Morgan fingerprint density at radius 1 is 0.667 bits per heavy atom. The van der Waals surface area contributed by atoms with E-state index in [9.17, 15) is 41.4 Å². The third-order valence-corrected chi connectivity index (χ3v) is 8.69.